The fourth-order valence-electron chi connectivity index (χ4n) is 1.90. The van der Waals surface area contributed by atoms with E-state index in [2.05, 4.69) is 28.2 Å². The van der Waals surface area contributed by atoms with Crippen LogP contribution in [0.25, 0.3) is 0 Å². The van der Waals surface area contributed by atoms with Crippen molar-refractivity contribution in [3.8, 4) is 5.75 Å². The highest BCUT2D eigenvalue weighted by molar-refractivity contribution is 9.09. The molecule has 1 aromatic rings. The minimum Gasteiger partial charge on any atom is -0.508 e. The Hall–Kier alpha value is -1.03. The lowest BCUT2D eigenvalue weighted by molar-refractivity contribution is 0.0945. The van der Waals surface area contributed by atoms with Crippen molar-refractivity contribution >= 4 is 21.8 Å². The maximum atomic E-state index is 11.9. The van der Waals surface area contributed by atoms with Crippen molar-refractivity contribution in [2.24, 2.45) is 5.92 Å². The number of amides is 1. The lowest BCUT2D eigenvalue weighted by Gasteiger charge is -2.15. The van der Waals surface area contributed by atoms with Crippen LogP contribution in [-0.2, 0) is 0 Å². The van der Waals surface area contributed by atoms with Gasteiger partial charge in [0.05, 0.1) is 0 Å². The minimum absolute atomic E-state index is 0.119. The highest BCUT2D eigenvalue weighted by atomic mass is 79.9. The number of alkyl halides is 1. The van der Waals surface area contributed by atoms with Gasteiger partial charge in [0.1, 0.15) is 5.75 Å². The summed E-state index contributed by atoms with van der Waals surface area (Å²) in [5.41, 5.74) is 0.504. The molecule has 0 aromatic heterocycles. The number of carbonyl (C=O) groups excluding carboxylic acids is 1. The van der Waals surface area contributed by atoms with Crippen LogP contribution in [-0.4, -0.2) is 22.9 Å². The monoisotopic (exact) mass is 313 g/mol. The molecule has 3 nitrogen and oxygen atoms in total. The maximum Gasteiger partial charge on any atom is 0.251 e. The van der Waals surface area contributed by atoms with E-state index in [0.29, 0.717) is 18.0 Å². The zero-order valence-electron chi connectivity index (χ0n) is 10.7. The molecule has 0 aliphatic carbocycles. The lowest BCUT2D eigenvalue weighted by atomic mass is 10.0. The van der Waals surface area contributed by atoms with Crippen LogP contribution in [0.15, 0.2) is 24.3 Å². The Kier molecular flexibility index (Phi) is 6.80. The summed E-state index contributed by atoms with van der Waals surface area (Å²) < 4.78 is 0. The molecule has 100 valence electrons. The molecule has 0 radical (unpaired) electrons. The number of carbonyl (C=O) groups is 1. The van der Waals surface area contributed by atoms with E-state index >= 15 is 0 Å². The topological polar surface area (TPSA) is 49.3 Å². The Balaban J connectivity index is 2.49. The number of hydrogen-bond donors (Lipinski definition) is 2. The summed E-state index contributed by atoms with van der Waals surface area (Å²) in [7, 11) is 0. The third-order valence-corrected chi connectivity index (χ3v) is 3.33. The Bertz CT molecular complexity index is 376. The molecule has 2 N–H and O–H groups in total. The van der Waals surface area contributed by atoms with Crippen molar-refractivity contribution in [3.05, 3.63) is 29.8 Å². The van der Waals surface area contributed by atoms with Gasteiger partial charge >= 0.3 is 0 Å². The molecule has 1 unspecified atom stereocenters. The Morgan fingerprint density at radius 1 is 1.44 bits per heavy atom. The molecule has 1 aromatic carbocycles. The average molecular weight is 314 g/mol. The van der Waals surface area contributed by atoms with E-state index in [-0.39, 0.29) is 11.7 Å². The number of halogens is 1. The van der Waals surface area contributed by atoms with Gasteiger partial charge in [0.2, 0.25) is 0 Å². The number of nitrogens with one attached hydrogen (secondary N) is 1. The SMILES string of the molecule is CCCC(CCBr)CNC(=O)c1cccc(O)c1. The van der Waals surface area contributed by atoms with Crippen LogP contribution in [0, 0.1) is 5.92 Å². The molecule has 0 fully saturated rings. The van der Waals surface area contributed by atoms with Crippen molar-refractivity contribution in [3.63, 3.8) is 0 Å². The largest absolute Gasteiger partial charge is 0.508 e. The molecule has 0 saturated heterocycles. The molecule has 0 aliphatic heterocycles. The molecule has 1 amide bonds. The van der Waals surface area contributed by atoms with Gasteiger partial charge < -0.3 is 10.4 Å². The zero-order chi connectivity index (χ0) is 13.4. The van der Waals surface area contributed by atoms with Crippen molar-refractivity contribution in [1.29, 1.82) is 0 Å². The van der Waals surface area contributed by atoms with Crippen LogP contribution in [0.1, 0.15) is 36.5 Å². The van der Waals surface area contributed by atoms with E-state index < -0.39 is 0 Å². The van der Waals surface area contributed by atoms with E-state index in [1.807, 2.05) is 0 Å². The smallest absolute Gasteiger partial charge is 0.251 e. The summed E-state index contributed by atoms with van der Waals surface area (Å²) >= 11 is 3.44. The predicted molar refractivity (Wildman–Crippen MR) is 77.2 cm³/mol. The molecule has 0 heterocycles. The molecule has 18 heavy (non-hydrogen) atoms. The summed E-state index contributed by atoms with van der Waals surface area (Å²) in [4.78, 5) is 11.9. The highest BCUT2D eigenvalue weighted by Gasteiger charge is 2.10. The number of rotatable bonds is 7. The summed E-state index contributed by atoms with van der Waals surface area (Å²) in [5, 5.41) is 13.2. The summed E-state index contributed by atoms with van der Waals surface area (Å²) in [6.07, 6.45) is 3.31. The van der Waals surface area contributed by atoms with Gasteiger partial charge in [0.25, 0.3) is 5.91 Å². The van der Waals surface area contributed by atoms with Crippen LogP contribution in [0.5, 0.6) is 5.75 Å². The standard InChI is InChI=1S/C14H20BrNO2/c1-2-4-11(7-8-15)10-16-14(18)12-5-3-6-13(17)9-12/h3,5-6,9,11,17H,2,4,7-8,10H2,1H3,(H,16,18). The zero-order valence-corrected chi connectivity index (χ0v) is 12.2. The van der Waals surface area contributed by atoms with Gasteiger partial charge in [-0.3, -0.25) is 4.79 Å². The van der Waals surface area contributed by atoms with Gasteiger partial charge in [-0.25, -0.2) is 0 Å². The van der Waals surface area contributed by atoms with Gasteiger partial charge in [-0.1, -0.05) is 35.3 Å². The van der Waals surface area contributed by atoms with Crippen LogP contribution < -0.4 is 5.32 Å². The fourth-order valence-corrected chi connectivity index (χ4v) is 2.54. The molecule has 0 bridgehead atoms. The van der Waals surface area contributed by atoms with Gasteiger partial charge in [0, 0.05) is 17.4 Å². The van der Waals surface area contributed by atoms with E-state index in [1.165, 1.54) is 6.07 Å². The quantitative estimate of drug-likeness (QED) is 0.759. The molecular formula is C14H20BrNO2. The van der Waals surface area contributed by atoms with Crippen LogP contribution >= 0.6 is 15.9 Å². The van der Waals surface area contributed by atoms with Crippen molar-refractivity contribution in [1.82, 2.24) is 5.32 Å². The van der Waals surface area contributed by atoms with Crippen molar-refractivity contribution in [2.75, 3.05) is 11.9 Å². The first-order valence-corrected chi connectivity index (χ1v) is 7.42. The van der Waals surface area contributed by atoms with E-state index in [4.69, 9.17) is 0 Å². The number of phenols is 1. The summed E-state index contributed by atoms with van der Waals surface area (Å²) in [5.74, 6) is 0.505. The first-order chi connectivity index (χ1) is 8.67. The molecule has 4 heteroatoms. The predicted octanol–water partition coefficient (Wildman–Crippen LogP) is 3.32. The average Bonchev–Trinajstić information content (AvgIpc) is 2.36. The Morgan fingerprint density at radius 2 is 2.22 bits per heavy atom. The minimum atomic E-state index is -0.124. The number of hydrogen-bond acceptors (Lipinski definition) is 2. The second-order valence-electron chi connectivity index (χ2n) is 4.39. The summed E-state index contributed by atoms with van der Waals surface area (Å²) in [6.45, 7) is 2.84. The van der Waals surface area contributed by atoms with Gasteiger partial charge in [-0.15, -0.1) is 0 Å². The highest BCUT2D eigenvalue weighted by Crippen LogP contribution is 2.13. The van der Waals surface area contributed by atoms with Gasteiger partial charge in [-0.05, 0) is 37.0 Å². The second-order valence-corrected chi connectivity index (χ2v) is 5.19. The van der Waals surface area contributed by atoms with Crippen LogP contribution in [0.2, 0.25) is 0 Å². The molecule has 1 rings (SSSR count). The van der Waals surface area contributed by atoms with Crippen molar-refractivity contribution in [2.45, 2.75) is 26.2 Å². The molecular weight excluding hydrogens is 294 g/mol. The number of phenolic OH excluding ortho intramolecular Hbond substituents is 1. The molecule has 1 atom stereocenters. The second kappa shape index (κ2) is 8.14. The maximum absolute atomic E-state index is 11.9. The van der Waals surface area contributed by atoms with E-state index in [1.54, 1.807) is 18.2 Å². The third kappa shape index (κ3) is 5.08. The molecule has 0 aliphatic rings. The van der Waals surface area contributed by atoms with Gasteiger partial charge in [-0.2, -0.15) is 0 Å². The van der Waals surface area contributed by atoms with Crippen LogP contribution in [0.4, 0.5) is 0 Å². The summed E-state index contributed by atoms with van der Waals surface area (Å²) in [6, 6.07) is 6.41. The van der Waals surface area contributed by atoms with Crippen LogP contribution in [0.3, 0.4) is 0 Å². The molecule has 0 saturated carbocycles. The van der Waals surface area contributed by atoms with Gasteiger partial charge in [0.15, 0.2) is 0 Å². The normalized spacial score (nSPS) is 12.1. The van der Waals surface area contributed by atoms with E-state index in [0.717, 1.165) is 24.6 Å². The number of aromatic hydroxyl groups is 1. The number of benzene rings is 1. The third-order valence-electron chi connectivity index (χ3n) is 2.87. The fraction of sp³-hybridized carbons (Fsp3) is 0.500. The lowest BCUT2D eigenvalue weighted by Crippen LogP contribution is -2.29. The van der Waals surface area contributed by atoms with E-state index in [9.17, 15) is 9.90 Å². The van der Waals surface area contributed by atoms with Crippen molar-refractivity contribution < 1.29 is 9.90 Å². The first-order valence-electron chi connectivity index (χ1n) is 6.30. The Morgan fingerprint density at radius 3 is 2.83 bits per heavy atom. The molecule has 0 spiro atoms. The Labute approximate surface area is 117 Å². The first kappa shape index (κ1) is 15.0.